The van der Waals surface area contributed by atoms with E-state index < -0.39 is 5.82 Å². The summed E-state index contributed by atoms with van der Waals surface area (Å²) >= 11 is 1.90. The van der Waals surface area contributed by atoms with E-state index in [-0.39, 0.29) is 28.7 Å². The van der Waals surface area contributed by atoms with Crippen LogP contribution in [-0.4, -0.2) is 72.2 Å². The number of thioether (sulfide) groups is 1. The van der Waals surface area contributed by atoms with Gasteiger partial charge in [0.05, 0.1) is 14.2 Å². The normalized spacial score (nSPS) is 19.4. The first-order valence-corrected chi connectivity index (χ1v) is 11.1. The number of fused-ring (bicyclic) bond motifs is 1. The molecule has 3 heterocycles. The van der Waals surface area contributed by atoms with Crippen molar-refractivity contribution < 1.29 is 18.7 Å². The SMILES string of the molecule is COc1cc2c(N)nc(N3CCN(C(=O)CC4CCCS4)CC3)nc2c(F)c1OC. The predicted octanol–water partition coefficient (Wildman–Crippen LogP) is 2.30. The smallest absolute Gasteiger partial charge is 0.228 e. The van der Waals surface area contributed by atoms with E-state index in [1.165, 1.54) is 20.6 Å². The lowest BCUT2D eigenvalue weighted by Crippen LogP contribution is -2.49. The van der Waals surface area contributed by atoms with Crippen LogP contribution in [0.1, 0.15) is 19.3 Å². The zero-order valence-electron chi connectivity index (χ0n) is 17.2. The van der Waals surface area contributed by atoms with Gasteiger partial charge in [-0.25, -0.2) is 9.37 Å². The van der Waals surface area contributed by atoms with Crippen molar-refractivity contribution in [2.24, 2.45) is 0 Å². The average Bonchev–Trinajstić information content (AvgIpc) is 3.27. The third-order valence-electron chi connectivity index (χ3n) is 5.64. The number of aromatic nitrogens is 2. The average molecular weight is 436 g/mol. The van der Waals surface area contributed by atoms with Crippen LogP contribution in [0.3, 0.4) is 0 Å². The van der Waals surface area contributed by atoms with Gasteiger partial charge in [0, 0.05) is 43.2 Å². The maximum absolute atomic E-state index is 15.0. The molecule has 1 aromatic heterocycles. The fourth-order valence-electron chi connectivity index (χ4n) is 3.96. The number of nitrogens with two attached hydrogens (primary N) is 1. The summed E-state index contributed by atoms with van der Waals surface area (Å²) in [5, 5.41) is 0.825. The number of methoxy groups -OCH3 is 2. The number of nitrogens with zero attached hydrogens (tertiary/aromatic N) is 4. The van der Waals surface area contributed by atoms with Crippen LogP contribution in [-0.2, 0) is 4.79 Å². The molecule has 2 aliphatic heterocycles. The highest BCUT2D eigenvalue weighted by atomic mass is 32.2. The Labute approximate surface area is 178 Å². The molecule has 0 bridgehead atoms. The van der Waals surface area contributed by atoms with Crippen LogP contribution in [0.15, 0.2) is 6.07 Å². The van der Waals surface area contributed by atoms with Gasteiger partial charge in [-0.3, -0.25) is 4.79 Å². The highest BCUT2D eigenvalue weighted by molar-refractivity contribution is 8.00. The van der Waals surface area contributed by atoms with Crippen LogP contribution < -0.4 is 20.1 Å². The highest BCUT2D eigenvalue weighted by Gasteiger charge is 2.27. The third kappa shape index (κ3) is 3.92. The van der Waals surface area contributed by atoms with Crippen LogP contribution in [0.25, 0.3) is 10.9 Å². The van der Waals surface area contributed by atoms with Gasteiger partial charge in [-0.15, -0.1) is 0 Å². The molecule has 1 aromatic carbocycles. The van der Waals surface area contributed by atoms with Crippen LogP contribution in [0.4, 0.5) is 16.2 Å². The Morgan fingerprint density at radius 2 is 2.03 bits per heavy atom. The van der Waals surface area contributed by atoms with E-state index in [0.717, 1.165) is 12.2 Å². The van der Waals surface area contributed by atoms with Crippen LogP contribution >= 0.6 is 11.8 Å². The summed E-state index contributed by atoms with van der Waals surface area (Å²) in [7, 11) is 2.80. The van der Waals surface area contributed by atoms with Gasteiger partial charge in [0.1, 0.15) is 11.3 Å². The number of halogens is 1. The van der Waals surface area contributed by atoms with E-state index in [1.807, 2.05) is 21.6 Å². The van der Waals surface area contributed by atoms with E-state index in [0.29, 0.717) is 49.2 Å². The Morgan fingerprint density at radius 3 is 2.67 bits per heavy atom. The van der Waals surface area contributed by atoms with E-state index in [4.69, 9.17) is 15.2 Å². The maximum atomic E-state index is 15.0. The van der Waals surface area contributed by atoms with Crippen molar-refractivity contribution in [1.29, 1.82) is 0 Å². The summed E-state index contributed by atoms with van der Waals surface area (Å²) in [6.07, 6.45) is 2.93. The van der Waals surface area contributed by atoms with Crippen molar-refractivity contribution in [3.05, 3.63) is 11.9 Å². The molecule has 2 N–H and O–H groups in total. The Kier molecular flexibility index (Phi) is 6.03. The molecule has 0 radical (unpaired) electrons. The van der Waals surface area contributed by atoms with Crippen LogP contribution in [0.2, 0.25) is 0 Å². The zero-order chi connectivity index (χ0) is 21.3. The number of nitrogen functional groups attached to an aromatic ring is 1. The topological polar surface area (TPSA) is 93.8 Å². The van der Waals surface area contributed by atoms with E-state index in [1.54, 1.807) is 6.07 Å². The first-order valence-electron chi connectivity index (χ1n) is 10.0. The van der Waals surface area contributed by atoms with Gasteiger partial charge in [-0.1, -0.05) is 0 Å². The minimum Gasteiger partial charge on any atom is -0.493 e. The second-order valence-corrected chi connectivity index (χ2v) is 8.85. The van der Waals surface area contributed by atoms with Crippen molar-refractivity contribution in [2.75, 3.05) is 56.8 Å². The van der Waals surface area contributed by atoms with Gasteiger partial charge in [-0.05, 0) is 24.7 Å². The number of piperazine rings is 1. The summed E-state index contributed by atoms with van der Waals surface area (Å²) in [5.74, 6) is 1.46. The molecule has 2 fully saturated rings. The lowest BCUT2D eigenvalue weighted by molar-refractivity contribution is -0.131. The minimum atomic E-state index is -0.634. The van der Waals surface area contributed by atoms with Crippen molar-refractivity contribution in [3.8, 4) is 11.5 Å². The van der Waals surface area contributed by atoms with Crippen molar-refractivity contribution in [2.45, 2.75) is 24.5 Å². The molecule has 8 nitrogen and oxygen atoms in total. The quantitative estimate of drug-likeness (QED) is 0.765. The summed E-state index contributed by atoms with van der Waals surface area (Å²) in [5.41, 5.74) is 6.20. The number of anilines is 2. The molecule has 1 amide bonds. The predicted molar refractivity (Wildman–Crippen MR) is 116 cm³/mol. The Morgan fingerprint density at radius 1 is 1.27 bits per heavy atom. The number of carbonyl (C=O) groups is 1. The molecule has 2 aliphatic rings. The zero-order valence-corrected chi connectivity index (χ0v) is 18.0. The number of hydrogen-bond acceptors (Lipinski definition) is 8. The number of carbonyl (C=O) groups excluding carboxylic acids is 1. The first kappa shape index (κ1) is 20.8. The molecule has 1 atom stereocenters. The van der Waals surface area contributed by atoms with Crippen molar-refractivity contribution >= 4 is 40.3 Å². The summed E-state index contributed by atoms with van der Waals surface area (Å²) in [6.45, 7) is 2.32. The lowest BCUT2D eigenvalue weighted by Gasteiger charge is -2.35. The maximum Gasteiger partial charge on any atom is 0.228 e. The standard InChI is InChI=1S/C20H26FN5O3S/c1-28-14-11-13-17(16(21)18(14)29-2)23-20(24-19(13)22)26-7-5-25(6-8-26)15(27)10-12-4-3-9-30-12/h11-12H,3-10H2,1-2H3,(H2,22,23,24). The number of benzene rings is 1. The molecule has 0 aliphatic carbocycles. The highest BCUT2D eigenvalue weighted by Crippen LogP contribution is 2.37. The van der Waals surface area contributed by atoms with Gasteiger partial charge < -0.3 is 25.0 Å². The van der Waals surface area contributed by atoms with Gasteiger partial charge >= 0.3 is 0 Å². The molecule has 1 unspecified atom stereocenters. The Hall–Kier alpha value is -2.49. The minimum absolute atomic E-state index is 0.0192. The van der Waals surface area contributed by atoms with Gasteiger partial charge in [-0.2, -0.15) is 16.7 Å². The lowest BCUT2D eigenvalue weighted by atomic mass is 10.1. The first-order chi connectivity index (χ1) is 14.5. The molecular weight excluding hydrogens is 409 g/mol. The molecule has 2 aromatic rings. The van der Waals surface area contributed by atoms with Crippen molar-refractivity contribution in [3.63, 3.8) is 0 Å². The summed E-state index contributed by atoms with van der Waals surface area (Å²) < 4.78 is 25.3. The molecule has 162 valence electrons. The third-order valence-corrected chi connectivity index (χ3v) is 7.03. The molecule has 0 saturated carbocycles. The van der Waals surface area contributed by atoms with Crippen LogP contribution in [0.5, 0.6) is 11.5 Å². The number of amides is 1. The number of ether oxygens (including phenoxy) is 2. The van der Waals surface area contributed by atoms with Gasteiger partial charge in [0.2, 0.25) is 11.9 Å². The largest absolute Gasteiger partial charge is 0.493 e. The Bertz CT molecular complexity index is 946. The molecule has 30 heavy (non-hydrogen) atoms. The second-order valence-electron chi connectivity index (χ2n) is 7.44. The fraction of sp³-hybridized carbons (Fsp3) is 0.550. The monoisotopic (exact) mass is 435 g/mol. The number of rotatable bonds is 5. The van der Waals surface area contributed by atoms with Gasteiger partial charge in [0.15, 0.2) is 17.3 Å². The molecule has 4 rings (SSSR count). The van der Waals surface area contributed by atoms with E-state index in [2.05, 4.69) is 9.97 Å². The van der Waals surface area contributed by atoms with Gasteiger partial charge in [0.25, 0.3) is 0 Å². The van der Waals surface area contributed by atoms with E-state index in [9.17, 15) is 9.18 Å². The van der Waals surface area contributed by atoms with Crippen molar-refractivity contribution in [1.82, 2.24) is 14.9 Å². The number of hydrogen-bond donors (Lipinski definition) is 1. The van der Waals surface area contributed by atoms with Crippen LogP contribution in [0, 0.1) is 5.82 Å². The molecule has 2 saturated heterocycles. The second kappa shape index (κ2) is 8.71. The molecule has 10 heteroatoms. The fourth-order valence-corrected chi connectivity index (χ4v) is 5.23. The molecule has 0 spiro atoms. The summed E-state index contributed by atoms with van der Waals surface area (Å²) in [6, 6.07) is 1.58. The Balaban J connectivity index is 1.51. The molecular formula is C20H26FN5O3S. The van der Waals surface area contributed by atoms with E-state index >= 15 is 0 Å². The summed E-state index contributed by atoms with van der Waals surface area (Å²) in [4.78, 5) is 25.2.